The number of thioether (sulfide) groups is 2. The van der Waals surface area contributed by atoms with Gasteiger partial charge in [0.1, 0.15) is 0 Å². The van der Waals surface area contributed by atoms with Gasteiger partial charge in [-0.15, -0.1) is 11.8 Å². The van der Waals surface area contributed by atoms with Crippen molar-refractivity contribution in [2.24, 2.45) is 4.99 Å². The molecule has 0 spiro atoms. The molecule has 2 heterocycles. The SMILES string of the molecule is O=C(CSC1=NC2=C(CN1c1ccccc1)SCC2)Nc1ccc(-c2ccccc2)cc1. The Morgan fingerprint density at radius 2 is 1.62 bits per heavy atom. The summed E-state index contributed by atoms with van der Waals surface area (Å²) in [7, 11) is 0. The van der Waals surface area contributed by atoms with Gasteiger partial charge in [0, 0.05) is 28.5 Å². The number of amides is 1. The highest BCUT2D eigenvalue weighted by Gasteiger charge is 2.27. The average molecular weight is 458 g/mol. The van der Waals surface area contributed by atoms with Crippen molar-refractivity contribution < 1.29 is 4.79 Å². The molecule has 0 saturated heterocycles. The van der Waals surface area contributed by atoms with Gasteiger partial charge in [-0.1, -0.05) is 72.4 Å². The predicted molar refractivity (Wildman–Crippen MR) is 138 cm³/mol. The number of benzene rings is 3. The summed E-state index contributed by atoms with van der Waals surface area (Å²) in [4.78, 5) is 21.1. The van der Waals surface area contributed by atoms with E-state index in [9.17, 15) is 4.79 Å². The molecular weight excluding hydrogens is 434 g/mol. The molecule has 0 aromatic heterocycles. The molecule has 5 rings (SSSR count). The summed E-state index contributed by atoms with van der Waals surface area (Å²) in [6.07, 6.45) is 1.01. The summed E-state index contributed by atoms with van der Waals surface area (Å²) in [5, 5.41) is 3.91. The minimum absolute atomic E-state index is 0.0289. The highest BCUT2D eigenvalue weighted by molar-refractivity contribution is 8.14. The van der Waals surface area contributed by atoms with Crippen molar-refractivity contribution in [2.45, 2.75) is 6.42 Å². The lowest BCUT2D eigenvalue weighted by atomic mass is 10.1. The minimum atomic E-state index is -0.0289. The molecule has 0 radical (unpaired) electrons. The van der Waals surface area contributed by atoms with Crippen molar-refractivity contribution >= 4 is 46.0 Å². The number of carbonyl (C=O) groups excluding carboxylic acids is 1. The summed E-state index contributed by atoms with van der Waals surface area (Å²) >= 11 is 3.39. The fourth-order valence-corrected chi connectivity index (χ4v) is 5.67. The molecular formula is C26H23N3OS2. The number of carbonyl (C=O) groups is 1. The van der Waals surface area contributed by atoms with Gasteiger partial charge in [-0.25, -0.2) is 4.99 Å². The van der Waals surface area contributed by atoms with Crippen molar-refractivity contribution in [1.29, 1.82) is 0 Å². The Bertz CT molecular complexity index is 1160. The van der Waals surface area contributed by atoms with Crippen LogP contribution in [0.4, 0.5) is 11.4 Å². The molecule has 3 aromatic carbocycles. The highest BCUT2D eigenvalue weighted by atomic mass is 32.2. The van der Waals surface area contributed by atoms with Crippen LogP contribution in [0.2, 0.25) is 0 Å². The Kier molecular flexibility index (Phi) is 6.32. The van der Waals surface area contributed by atoms with Crippen molar-refractivity contribution in [3.05, 3.63) is 95.5 Å². The number of aliphatic imine (C=N–C) groups is 1. The molecule has 3 aromatic rings. The first-order valence-electron chi connectivity index (χ1n) is 10.6. The third-order valence-electron chi connectivity index (χ3n) is 5.38. The third kappa shape index (κ3) is 4.76. The predicted octanol–water partition coefficient (Wildman–Crippen LogP) is 6.25. The number of hydrogen-bond acceptors (Lipinski definition) is 5. The molecule has 6 heteroatoms. The van der Waals surface area contributed by atoms with Crippen molar-refractivity contribution in [1.82, 2.24) is 0 Å². The van der Waals surface area contributed by atoms with Crippen molar-refractivity contribution in [2.75, 3.05) is 28.3 Å². The largest absolute Gasteiger partial charge is 0.325 e. The maximum absolute atomic E-state index is 12.7. The molecule has 4 nitrogen and oxygen atoms in total. The zero-order valence-corrected chi connectivity index (χ0v) is 19.2. The van der Waals surface area contributed by atoms with E-state index in [0.717, 1.165) is 46.4 Å². The van der Waals surface area contributed by atoms with Crippen LogP contribution in [0, 0.1) is 0 Å². The van der Waals surface area contributed by atoms with Crippen LogP contribution in [0.15, 0.2) is 101 Å². The van der Waals surface area contributed by atoms with Crippen molar-refractivity contribution in [3.63, 3.8) is 0 Å². The minimum Gasteiger partial charge on any atom is -0.325 e. The molecule has 32 heavy (non-hydrogen) atoms. The lowest BCUT2D eigenvalue weighted by Gasteiger charge is -2.29. The fourth-order valence-electron chi connectivity index (χ4n) is 3.76. The maximum Gasteiger partial charge on any atom is 0.234 e. The molecule has 0 aliphatic carbocycles. The molecule has 1 amide bonds. The first-order valence-corrected chi connectivity index (χ1v) is 12.6. The summed E-state index contributed by atoms with van der Waals surface area (Å²) in [6.45, 7) is 0.832. The number of allylic oxidation sites excluding steroid dienone is 1. The maximum atomic E-state index is 12.7. The Hall–Kier alpha value is -2.96. The van der Waals surface area contributed by atoms with Gasteiger partial charge in [-0.05, 0) is 35.4 Å². The standard InChI is InChI=1S/C26H23N3OS2/c30-25(27-21-13-11-20(12-14-21)19-7-3-1-4-8-19)18-32-26-28-23-15-16-31-24(23)17-29(26)22-9-5-2-6-10-22/h1-14H,15-18H2,(H,27,30). The Balaban J connectivity index is 1.24. The zero-order chi connectivity index (χ0) is 21.8. The Morgan fingerprint density at radius 3 is 2.38 bits per heavy atom. The summed E-state index contributed by atoms with van der Waals surface area (Å²) in [6, 6.07) is 28.5. The Labute approximate surface area is 196 Å². The summed E-state index contributed by atoms with van der Waals surface area (Å²) < 4.78 is 0. The van der Waals surface area contributed by atoms with E-state index in [2.05, 4.69) is 34.5 Å². The van der Waals surface area contributed by atoms with Crippen LogP contribution >= 0.6 is 23.5 Å². The molecule has 0 saturated carbocycles. The molecule has 0 unspecified atom stereocenters. The van der Waals surface area contributed by atoms with E-state index >= 15 is 0 Å². The first-order chi connectivity index (χ1) is 15.8. The topological polar surface area (TPSA) is 44.7 Å². The summed E-state index contributed by atoms with van der Waals surface area (Å²) in [5.41, 5.74) is 5.39. The monoisotopic (exact) mass is 457 g/mol. The van der Waals surface area contributed by atoms with Gasteiger partial charge in [-0.2, -0.15) is 0 Å². The summed E-state index contributed by atoms with van der Waals surface area (Å²) in [5.74, 6) is 1.38. The molecule has 160 valence electrons. The quantitative estimate of drug-likeness (QED) is 0.492. The molecule has 0 atom stereocenters. The average Bonchev–Trinajstić information content (AvgIpc) is 3.31. The van der Waals surface area contributed by atoms with E-state index in [-0.39, 0.29) is 5.91 Å². The third-order valence-corrected chi connectivity index (χ3v) is 7.47. The van der Waals surface area contributed by atoms with E-state index in [1.54, 1.807) is 0 Å². The van der Waals surface area contributed by atoms with Crippen LogP contribution < -0.4 is 10.2 Å². The van der Waals surface area contributed by atoms with E-state index in [0.29, 0.717) is 5.75 Å². The number of hydrogen-bond donors (Lipinski definition) is 1. The van der Waals surface area contributed by atoms with Crippen LogP contribution in [0.25, 0.3) is 11.1 Å². The van der Waals surface area contributed by atoms with E-state index in [1.165, 1.54) is 22.4 Å². The van der Waals surface area contributed by atoms with Gasteiger partial charge in [0.25, 0.3) is 0 Å². The second kappa shape index (κ2) is 9.67. The van der Waals surface area contributed by atoms with Crippen molar-refractivity contribution in [3.8, 4) is 11.1 Å². The van der Waals surface area contributed by atoms with E-state index in [4.69, 9.17) is 4.99 Å². The van der Waals surface area contributed by atoms with Gasteiger partial charge in [0.2, 0.25) is 5.91 Å². The number of rotatable bonds is 5. The fraction of sp³-hybridized carbons (Fsp3) is 0.154. The van der Waals surface area contributed by atoms with Gasteiger partial charge in [0.05, 0.1) is 18.0 Å². The van der Waals surface area contributed by atoms with Crippen LogP contribution in [-0.2, 0) is 4.79 Å². The van der Waals surface area contributed by atoms with E-state index in [1.807, 2.05) is 72.4 Å². The van der Waals surface area contributed by atoms with Gasteiger partial charge >= 0.3 is 0 Å². The van der Waals surface area contributed by atoms with Gasteiger partial charge in [0.15, 0.2) is 5.17 Å². The molecule has 2 aliphatic rings. The second-order valence-corrected chi connectivity index (χ2v) is 9.70. The first kappa shape index (κ1) is 20.9. The normalized spacial score (nSPS) is 15.4. The lowest BCUT2D eigenvalue weighted by Crippen LogP contribution is -2.34. The smallest absolute Gasteiger partial charge is 0.234 e. The van der Waals surface area contributed by atoms with Gasteiger partial charge < -0.3 is 10.2 Å². The zero-order valence-electron chi connectivity index (χ0n) is 17.5. The second-order valence-electron chi connectivity index (χ2n) is 7.56. The lowest BCUT2D eigenvalue weighted by molar-refractivity contribution is -0.113. The van der Waals surface area contributed by atoms with Gasteiger partial charge in [-0.3, -0.25) is 4.79 Å². The van der Waals surface area contributed by atoms with E-state index < -0.39 is 0 Å². The van der Waals surface area contributed by atoms with Crippen LogP contribution in [-0.4, -0.2) is 29.1 Å². The number of nitrogens with zero attached hydrogens (tertiary/aromatic N) is 2. The molecule has 0 fully saturated rings. The van der Waals surface area contributed by atoms with Crippen LogP contribution in [0.5, 0.6) is 0 Å². The van der Waals surface area contributed by atoms with Crippen LogP contribution in [0.1, 0.15) is 6.42 Å². The number of anilines is 2. The highest BCUT2D eigenvalue weighted by Crippen LogP contribution is 2.38. The number of para-hydroxylation sites is 1. The Morgan fingerprint density at radius 1 is 0.938 bits per heavy atom. The molecule has 1 N–H and O–H groups in total. The molecule has 0 bridgehead atoms. The molecule has 2 aliphatic heterocycles. The van der Waals surface area contributed by atoms with Crippen LogP contribution in [0.3, 0.4) is 0 Å². The number of nitrogens with one attached hydrogen (secondary N) is 1. The number of amidine groups is 1.